The Hall–Kier alpha value is -4.19. The molecule has 0 spiro atoms. The summed E-state index contributed by atoms with van der Waals surface area (Å²) in [4.78, 5) is 9.58. The molecule has 0 amide bonds. The van der Waals surface area contributed by atoms with Crippen molar-refractivity contribution in [2.45, 2.75) is 20.4 Å². The van der Waals surface area contributed by atoms with Crippen LogP contribution in [0.5, 0.6) is 0 Å². The summed E-state index contributed by atoms with van der Waals surface area (Å²) in [5.74, 6) is 1.27. The SMILES string of the molecule is Cc1ccc(Nc2nc(NCc3ccccc3)nc3c2cnn3-c2ccccc2)cc1C. The molecule has 0 atom stereocenters. The summed E-state index contributed by atoms with van der Waals surface area (Å²) >= 11 is 0. The van der Waals surface area contributed by atoms with E-state index in [0.717, 1.165) is 33.8 Å². The predicted molar refractivity (Wildman–Crippen MR) is 130 cm³/mol. The molecular weight excluding hydrogens is 396 g/mol. The topological polar surface area (TPSA) is 67.7 Å². The van der Waals surface area contributed by atoms with Gasteiger partial charge in [-0.2, -0.15) is 15.1 Å². The summed E-state index contributed by atoms with van der Waals surface area (Å²) in [6.07, 6.45) is 1.81. The van der Waals surface area contributed by atoms with Crippen LogP contribution in [0.1, 0.15) is 16.7 Å². The van der Waals surface area contributed by atoms with Crippen LogP contribution in [0.4, 0.5) is 17.5 Å². The second-order valence-corrected chi connectivity index (χ2v) is 7.79. The molecule has 0 saturated carbocycles. The molecule has 2 aromatic heterocycles. The third-order valence-corrected chi connectivity index (χ3v) is 5.49. The smallest absolute Gasteiger partial charge is 0.227 e. The Balaban J connectivity index is 1.57. The molecule has 5 aromatic rings. The summed E-state index contributed by atoms with van der Waals surface area (Å²) in [6, 6.07) is 26.5. The summed E-state index contributed by atoms with van der Waals surface area (Å²) < 4.78 is 1.84. The number of aryl methyl sites for hydroxylation is 2. The van der Waals surface area contributed by atoms with Crippen LogP contribution in [-0.4, -0.2) is 19.7 Å². The average molecular weight is 421 g/mol. The zero-order chi connectivity index (χ0) is 21.9. The first-order valence-corrected chi connectivity index (χ1v) is 10.6. The number of anilines is 3. The monoisotopic (exact) mass is 420 g/mol. The summed E-state index contributed by atoms with van der Waals surface area (Å²) in [7, 11) is 0. The highest BCUT2D eigenvalue weighted by Crippen LogP contribution is 2.27. The normalized spacial score (nSPS) is 10.9. The van der Waals surface area contributed by atoms with E-state index in [1.807, 2.05) is 59.4 Å². The van der Waals surface area contributed by atoms with Gasteiger partial charge in [-0.15, -0.1) is 0 Å². The van der Waals surface area contributed by atoms with Crippen molar-refractivity contribution >= 4 is 28.5 Å². The minimum absolute atomic E-state index is 0.547. The van der Waals surface area contributed by atoms with E-state index in [1.165, 1.54) is 11.1 Å². The third kappa shape index (κ3) is 4.03. The number of hydrogen-bond acceptors (Lipinski definition) is 5. The lowest BCUT2D eigenvalue weighted by Gasteiger charge is -2.12. The summed E-state index contributed by atoms with van der Waals surface area (Å²) in [5.41, 5.74) is 6.32. The molecule has 0 fully saturated rings. The van der Waals surface area contributed by atoms with Crippen LogP contribution >= 0.6 is 0 Å². The fourth-order valence-corrected chi connectivity index (χ4v) is 3.57. The first-order valence-electron chi connectivity index (χ1n) is 10.6. The number of nitrogens with zero attached hydrogens (tertiary/aromatic N) is 4. The molecule has 158 valence electrons. The molecule has 6 heteroatoms. The van der Waals surface area contributed by atoms with Gasteiger partial charge in [-0.25, -0.2) is 4.68 Å². The van der Waals surface area contributed by atoms with Gasteiger partial charge in [-0.3, -0.25) is 0 Å². The molecule has 0 unspecified atom stereocenters. The van der Waals surface area contributed by atoms with Gasteiger partial charge in [0, 0.05) is 12.2 Å². The van der Waals surface area contributed by atoms with E-state index in [2.05, 4.69) is 59.9 Å². The summed E-state index contributed by atoms with van der Waals surface area (Å²) in [5, 5.41) is 12.3. The van der Waals surface area contributed by atoms with E-state index in [1.54, 1.807) is 0 Å². The second kappa shape index (κ2) is 8.51. The van der Waals surface area contributed by atoms with E-state index >= 15 is 0 Å². The zero-order valence-electron chi connectivity index (χ0n) is 18.1. The van der Waals surface area contributed by atoms with Crippen LogP contribution in [0.15, 0.2) is 85.1 Å². The van der Waals surface area contributed by atoms with Crippen LogP contribution < -0.4 is 10.6 Å². The molecule has 2 N–H and O–H groups in total. The lowest BCUT2D eigenvalue weighted by atomic mass is 10.1. The molecule has 3 aromatic carbocycles. The highest BCUT2D eigenvalue weighted by molar-refractivity contribution is 5.90. The van der Waals surface area contributed by atoms with Gasteiger partial charge in [-0.1, -0.05) is 54.6 Å². The molecule has 0 aliphatic heterocycles. The minimum atomic E-state index is 0.547. The number of rotatable bonds is 6. The number of hydrogen-bond donors (Lipinski definition) is 2. The Kier molecular flexibility index (Phi) is 5.25. The number of benzene rings is 3. The van der Waals surface area contributed by atoms with Gasteiger partial charge in [-0.05, 0) is 54.8 Å². The first-order chi connectivity index (χ1) is 15.7. The molecule has 5 rings (SSSR count). The van der Waals surface area contributed by atoms with Gasteiger partial charge in [0.15, 0.2) is 5.65 Å². The van der Waals surface area contributed by atoms with Crippen LogP contribution in [-0.2, 0) is 6.54 Å². The van der Waals surface area contributed by atoms with Crippen LogP contribution in [0.3, 0.4) is 0 Å². The van der Waals surface area contributed by atoms with Crippen LogP contribution in [0.2, 0.25) is 0 Å². The molecule has 0 aliphatic rings. The van der Waals surface area contributed by atoms with Gasteiger partial charge >= 0.3 is 0 Å². The summed E-state index contributed by atoms with van der Waals surface area (Å²) in [6.45, 7) is 4.85. The van der Waals surface area contributed by atoms with Crippen molar-refractivity contribution in [2.24, 2.45) is 0 Å². The molecule has 6 nitrogen and oxygen atoms in total. The largest absolute Gasteiger partial charge is 0.350 e. The van der Waals surface area contributed by atoms with Gasteiger partial charge in [0.25, 0.3) is 0 Å². The highest BCUT2D eigenvalue weighted by atomic mass is 15.3. The Morgan fingerprint density at radius 2 is 1.56 bits per heavy atom. The van der Waals surface area contributed by atoms with E-state index < -0.39 is 0 Å². The van der Waals surface area contributed by atoms with Crippen LogP contribution in [0, 0.1) is 13.8 Å². The van der Waals surface area contributed by atoms with Crippen molar-refractivity contribution in [1.29, 1.82) is 0 Å². The molecule has 32 heavy (non-hydrogen) atoms. The Morgan fingerprint density at radius 3 is 2.31 bits per heavy atom. The Bertz CT molecular complexity index is 1360. The molecule has 0 bridgehead atoms. The lowest BCUT2D eigenvalue weighted by molar-refractivity contribution is 0.894. The van der Waals surface area contributed by atoms with Gasteiger partial charge in [0.05, 0.1) is 17.3 Å². The highest BCUT2D eigenvalue weighted by Gasteiger charge is 2.15. The van der Waals surface area contributed by atoms with Crippen molar-refractivity contribution in [2.75, 3.05) is 10.6 Å². The molecule has 0 aliphatic carbocycles. The van der Waals surface area contributed by atoms with E-state index in [0.29, 0.717) is 12.5 Å². The van der Waals surface area contributed by atoms with Gasteiger partial charge in [0.2, 0.25) is 5.95 Å². The zero-order valence-corrected chi connectivity index (χ0v) is 18.1. The average Bonchev–Trinajstić information content (AvgIpc) is 3.26. The number of nitrogens with one attached hydrogen (secondary N) is 2. The standard InChI is InChI=1S/C26H24N6/c1-18-13-14-21(15-19(18)2)29-24-23-17-28-32(22-11-7-4-8-12-22)25(23)31-26(30-24)27-16-20-9-5-3-6-10-20/h3-15,17H,16H2,1-2H3,(H2,27,29,30,31). The number of fused-ring (bicyclic) bond motifs is 1. The minimum Gasteiger partial charge on any atom is -0.350 e. The van der Waals surface area contributed by atoms with Crippen molar-refractivity contribution in [3.05, 3.63) is 102 Å². The number of para-hydroxylation sites is 1. The molecular formula is C26H24N6. The van der Waals surface area contributed by atoms with Crippen molar-refractivity contribution < 1.29 is 0 Å². The molecule has 0 radical (unpaired) electrons. The van der Waals surface area contributed by atoms with Crippen molar-refractivity contribution in [3.63, 3.8) is 0 Å². The van der Waals surface area contributed by atoms with Crippen molar-refractivity contribution in [1.82, 2.24) is 19.7 Å². The van der Waals surface area contributed by atoms with Gasteiger partial charge < -0.3 is 10.6 Å². The maximum absolute atomic E-state index is 4.80. The van der Waals surface area contributed by atoms with E-state index in [-0.39, 0.29) is 0 Å². The maximum atomic E-state index is 4.80. The van der Waals surface area contributed by atoms with E-state index in [9.17, 15) is 0 Å². The van der Waals surface area contributed by atoms with Crippen LogP contribution in [0.25, 0.3) is 16.7 Å². The van der Waals surface area contributed by atoms with Gasteiger partial charge in [0.1, 0.15) is 5.82 Å². The van der Waals surface area contributed by atoms with E-state index in [4.69, 9.17) is 9.97 Å². The van der Waals surface area contributed by atoms with Crippen molar-refractivity contribution in [3.8, 4) is 5.69 Å². The molecule has 2 heterocycles. The Morgan fingerprint density at radius 1 is 0.812 bits per heavy atom. The fourth-order valence-electron chi connectivity index (χ4n) is 3.57. The third-order valence-electron chi connectivity index (χ3n) is 5.49. The fraction of sp³-hybridized carbons (Fsp3) is 0.115. The molecule has 0 saturated heterocycles. The Labute approximate surface area is 187 Å². The number of aromatic nitrogens is 4. The quantitative estimate of drug-likeness (QED) is 0.364. The second-order valence-electron chi connectivity index (χ2n) is 7.79. The maximum Gasteiger partial charge on any atom is 0.227 e. The predicted octanol–water partition coefficient (Wildman–Crippen LogP) is 5.79. The lowest BCUT2D eigenvalue weighted by Crippen LogP contribution is -2.07. The first kappa shape index (κ1) is 19.8.